The Labute approximate surface area is 140 Å². The monoisotopic (exact) mass is 351 g/mol. The highest BCUT2D eigenvalue weighted by molar-refractivity contribution is 7.88. The first kappa shape index (κ1) is 18.0. The van der Waals surface area contributed by atoms with E-state index >= 15 is 0 Å². The zero-order chi connectivity index (χ0) is 17.6. The number of halogens is 1. The number of carbonyl (C=O) groups excluding carboxylic acids is 1. The Morgan fingerprint density at radius 2 is 1.75 bits per heavy atom. The number of hydrogen-bond acceptors (Lipinski definition) is 4. The lowest BCUT2D eigenvalue weighted by molar-refractivity contribution is -0.121. The van der Waals surface area contributed by atoms with Crippen LogP contribution in [0.2, 0.25) is 0 Å². The highest BCUT2D eigenvalue weighted by Gasteiger charge is 2.20. The van der Waals surface area contributed by atoms with Crippen LogP contribution in [-0.4, -0.2) is 36.4 Å². The van der Waals surface area contributed by atoms with Crippen LogP contribution in [0.5, 0.6) is 0 Å². The number of nitrogens with zero attached hydrogens (tertiary/aromatic N) is 2. The van der Waals surface area contributed by atoms with E-state index in [9.17, 15) is 17.6 Å². The molecule has 0 unspecified atom stereocenters. The molecule has 0 aliphatic carbocycles. The predicted octanol–water partition coefficient (Wildman–Crippen LogP) is 1.30. The van der Waals surface area contributed by atoms with Crippen molar-refractivity contribution >= 4 is 15.9 Å². The molecular formula is C16H18FN3O3S. The standard InChI is InChI=1S/C16H18FN3O3S/c1-24(22,23)20(11-14-2-4-15(17)5-3-14)12-16(21)19-10-13-6-8-18-9-7-13/h2-9H,10-12H2,1H3,(H,19,21). The summed E-state index contributed by atoms with van der Waals surface area (Å²) in [5, 5.41) is 2.66. The van der Waals surface area contributed by atoms with Gasteiger partial charge in [0.15, 0.2) is 0 Å². The molecule has 128 valence electrons. The molecule has 1 amide bonds. The molecule has 0 atom stereocenters. The topological polar surface area (TPSA) is 79.4 Å². The average Bonchev–Trinajstić information content (AvgIpc) is 2.54. The first-order chi connectivity index (χ1) is 11.3. The number of pyridine rings is 1. The summed E-state index contributed by atoms with van der Waals surface area (Å²) in [4.78, 5) is 15.9. The number of amides is 1. The van der Waals surface area contributed by atoms with Gasteiger partial charge < -0.3 is 5.32 Å². The van der Waals surface area contributed by atoms with Crippen LogP contribution in [0.25, 0.3) is 0 Å². The quantitative estimate of drug-likeness (QED) is 0.815. The third-order valence-electron chi connectivity index (χ3n) is 3.30. The number of aromatic nitrogens is 1. The van der Waals surface area contributed by atoms with Crippen molar-refractivity contribution in [2.75, 3.05) is 12.8 Å². The van der Waals surface area contributed by atoms with Crippen molar-refractivity contribution in [1.82, 2.24) is 14.6 Å². The lowest BCUT2D eigenvalue weighted by Gasteiger charge is -2.19. The minimum absolute atomic E-state index is 0.00178. The van der Waals surface area contributed by atoms with Crippen molar-refractivity contribution in [3.8, 4) is 0 Å². The van der Waals surface area contributed by atoms with Gasteiger partial charge in [-0.3, -0.25) is 9.78 Å². The number of rotatable bonds is 7. The molecule has 6 nitrogen and oxygen atoms in total. The molecule has 1 aromatic heterocycles. The molecule has 0 fully saturated rings. The number of carbonyl (C=O) groups is 1. The molecule has 8 heteroatoms. The number of nitrogens with one attached hydrogen (secondary N) is 1. The van der Waals surface area contributed by atoms with E-state index in [2.05, 4.69) is 10.3 Å². The molecule has 2 rings (SSSR count). The lowest BCUT2D eigenvalue weighted by atomic mass is 10.2. The number of benzene rings is 1. The summed E-state index contributed by atoms with van der Waals surface area (Å²) >= 11 is 0. The van der Waals surface area contributed by atoms with Crippen LogP contribution >= 0.6 is 0 Å². The van der Waals surface area contributed by atoms with E-state index in [0.717, 1.165) is 16.1 Å². The largest absolute Gasteiger partial charge is 0.351 e. The summed E-state index contributed by atoms with van der Waals surface area (Å²) in [6, 6.07) is 8.99. The van der Waals surface area contributed by atoms with Crippen LogP contribution in [0.4, 0.5) is 4.39 Å². The number of hydrogen-bond donors (Lipinski definition) is 1. The van der Waals surface area contributed by atoms with Crippen LogP contribution in [0.3, 0.4) is 0 Å². The van der Waals surface area contributed by atoms with Crippen LogP contribution in [-0.2, 0) is 27.9 Å². The van der Waals surface area contributed by atoms with E-state index < -0.39 is 21.7 Å². The maximum Gasteiger partial charge on any atom is 0.235 e. The average molecular weight is 351 g/mol. The summed E-state index contributed by atoms with van der Waals surface area (Å²) < 4.78 is 37.7. The fourth-order valence-electron chi connectivity index (χ4n) is 2.00. The Hall–Kier alpha value is -2.32. The van der Waals surface area contributed by atoms with Crippen molar-refractivity contribution < 1.29 is 17.6 Å². The molecule has 0 spiro atoms. The zero-order valence-electron chi connectivity index (χ0n) is 13.1. The maximum absolute atomic E-state index is 12.9. The van der Waals surface area contributed by atoms with Gasteiger partial charge in [0.1, 0.15) is 5.82 Å². The van der Waals surface area contributed by atoms with E-state index in [1.807, 2.05) is 0 Å². The van der Waals surface area contributed by atoms with Gasteiger partial charge in [0, 0.05) is 25.5 Å². The first-order valence-corrected chi connectivity index (χ1v) is 9.04. The van der Waals surface area contributed by atoms with Crippen LogP contribution < -0.4 is 5.32 Å². The molecule has 0 saturated heterocycles. The van der Waals surface area contributed by atoms with E-state index in [0.29, 0.717) is 5.56 Å². The molecule has 24 heavy (non-hydrogen) atoms. The SMILES string of the molecule is CS(=O)(=O)N(CC(=O)NCc1ccncc1)Cc1ccc(F)cc1. The molecule has 1 N–H and O–H groups in total. The predicted molar refractivity (Wildman–Crippen MR) is 87.7 cm³/mol. The van der Waals surface area contributed by atoms with E-state index in [1.54, 1.807) is 24.5 Å². The van der Waals surface area contributed by atoms with Gasteiger partial charge in [-0.15, -0.1) is 0 Å². The van der Waals surface area contributed by atoms with Gasteiger partial charge in [0.2, 0.25) is 15.9 Å². The van der Waals surface area contributed by atoms with E-state index in [1.165, 1.54) is 24.3 Å². The van der Waals surface area contributed by atoms with Gasteiger partial charge in [-0.25, -0.2) is 12.8 Å². The minimum Gasteiger partial charge on any atom is -0.351 e. The zero-order valence-corrected chi connectivity index (χ0v) is 14.0. The van der Waals surface area contributed by atoms with Crippen LogP contribution in [0.1, 0.15) is 11.1 Å². The van der Waals surface area contributed by atoms with Crippen molar-refractivity contribution in [3.05, 3.63) is 65.7 Å². The Kier molecular flexibility index (Phi) is 5.99. The molecule has 0 aliphatic rings. The second-order valence-corrected chi connectivity index (χ2v) is 7.27. The number of sulfonamides is 1. The van der Waals surface area contributed by atoms with Crippen molar-refractivity contribution in [2.24, 2.45) is 0 Å². The normalized spacial score (nSPS) is 11.5. The maximum atomic E-state index is 12.9. The van der Waals surface area contributed by atoms with Gasteiger partial charge in [0.05, 0.1) is 12.8 Å². The fraction of sp³-hybridized carbons (Fsp3) is 0.250. The van der Waals surface area contributed by atoms with Gasteiger partial charge in [0.25, 0.3) is 0 Å². The van der Waals surface area contributed by atoms with E-state index in [-0.39, 0.29) is 19.6 Å². The van der Waals surface area contributed by atoms with Crippen molar-refractivity contribution in [2.45, 2.75) is 13.1 Å². The molecule has 0 saturated carbocycles. The summed E-state index contributed by atoms with van der Waals surface area (Å²) in [5.41, 5.74) is 1.46. The summed E-state index contributed by atoms with van der Waals surface area (Å²) in [5.74, 6) is -0.820. The van der Waals surface area contributed by atoms with Crippen LogP contribution in [0.15, 0.2) is 48.8 Å². The fourth-order valence-corrected chi connectivity index (χ4v) is 2.74. The van der Waals surface area contributed by atoms with Gasteiger partial charge in [-0.05, 0) is 35.4 Å². The molecule has 0 radical (unpaired) electrons. The molecule has 0 bridgehead atoms. The van der Waals surface area contributed by atoms with Gasteiger partial charge in [-0.1, -0.05) is 12.1 Å². The van der Waals surface area contributed by atoms with Crippen LogP contribution in [0, 0.1) is 5.82 Å². The highest BCUT2D eigenvalue weighted by Crippen LogP contribution is 2.09. The summed E-state index contributed by atoms with van der Waals surface area (Å²) in [6.45, 7) is -0.0153. The second-order valence-electron chi connectivity index (χ2n) is 5.29. The Morgan fingerprint density at radius 3 is 2.33 bits per heavy atom. The molecule has 1 aromatic carbocycles. The minimum atomic E-state index is -3.58. The van der Waals surface area contributed by atoms with Gasteiger partial charge in [-0.2, -0.15) is 4.31 Å². The molecule has 1 heterocycles. The third-order valence-corrected chi connectivity index (χ3v) is 4.50. The smallest absolute Gasteiger partial charge is 0.235 e. The highest BCUT2D eigenvalue weighted by atomic mass is 32.2. The lowest BCUT2D eigenvalue weighted by Crippen LogP contribution is -2.39. The van der Waals surface area contributed by atoms with E-state index in [4.69, 9.17) is 0 Å². The molecule has 2 aromatic rings. The van der Waals surface area contributed by atoms with Crippen molar-refractivity contribution in [3.63, 3.8) is 0 Å². The summed E-state index contributed by atoms with van der Waals surface area (Å²) in [6.07, 6.45) is 4.25. The first-order valence-electron chi connectivity index (χ1n) is 7.20. The third kappa shape index (κ3) is 5.71. The second kappa shape index (κ2) is 7.98. The Balaban J connectivity index is 1.98. The Morgan fingerprint density at radius 1 is 1.12 bits per heavy atom. The van der Waals surface area contributed by atoms with Crippen molar-refractivity contribution in [1.29, 1.82) is 0 Å². The Bertz CT molecular complexity index is 780. The molecule has 0 aliphatic heterocycles. The summed E-state index contributed by atoms with van der Waals surface area (Å²) in [7, 11) is -3.58. The van der Waals surface area contributed by atoms with Gasteiger partial charge >= 0.3 is 0 Å². The molecular weight excluding hydrogens is 333 g/mol.